The van der Waals surface area contributed by atoms with E-state index in [1.807, 2.05) is 0 Å². The average molecular weight is 434 g/mol. The number of phenolic OH excluding ortho intramolecular Hbond substituents is 1. The van der Waals surface area contributed by atoms with Gasteiger partial charge in [-0.3, -0.25) is 9.36 Å². The van der Waals surface area contributed by atoms with Gasteiger partial charge in [0.05, 0.1) is 5.39 Å². The summed E-state index contributed by atoms with van der Waals surface area (Å²) in [5.41, 5.74) is -4.28. The number of halogens is 4. The first-order chi connectivity index (χ1) is 14.7. The smallest absolute Gasteiger partial charge is 0.431 e. The molecule has 8 nitrogen and oxygen atoms in total. The van der Waals surface area contributed by atoms with Crippen molar-refractivity contribution in [1.29, 1.82) is 5.26 Å². The van der Waals surface area contributed by atoms with E-state index in [-0.39, 0.29) is 15.8 Å². The van der Waals surface area contributed by atoms with Crippen LogP contribution in [0.3, 0.4) is 0 Å². The largest absolute Gasteiger partial charge is 0.506 e. The van der Waals surface area contributed by atoms with Gasteiger partial charge in [0.15, 0.2) is 5.82 Å². The Balaban J connectivity index is 2.14. The molecule has 12 heteroatoms. The molecule has 2 N–H and O–H groups in total. The van der Waals surface area contributed by atoms with Crippen LogP contribution in [-0.2, 0) is 6.18 Å². The van der Waals surface area contributed by atoms with Crippen LogP contribution in [0.4, 0.5) is 23.4 Å². The molecule has 0 unspecified atom stereocenters. The number of benzene rings is 1. The summed E-state index contributed by atoms with van der Waals surface area (Å²) in [6, 6.07) is 5.20. The standard InChI is InChI=1S/C19H14F4N6O2/c20-11-2-1-3-12(30)16(11)29-13(19(21,22)23)8-10-15(18(29)31)26-14(9-24)27-17(10)28-6-4-25-5-7-28/h1-3,8,25,30H,4-7H2. The maximum Gasteiger partial charge on any atom is 0.431 e. The summed E-state index contributed by atoms with van der Waals surface area (Å²) < 4.78 is 56.3. The van der Waals surface area contributed by atoms with Crippen molar-refractivity contribution >= 4 is 16.7 Å². The van der Waals surface area contributed by atoms with Crippen LogP contribution < -0.4 is 15.8 Å². The quantitative estimate of drug-likeness (QED) is 0.594. The van der Waals surface area contributed by atoms with Crippen molar-refractivity contribution in [1.82, 2.24) is 19.9 Å². The molecule has 0 saturated carbocycles. The van der Waals surface area contributed by atoms with Crippen molar-refractivity contribution in [2.45, 2.75) is 6.18 Å². The molecular formula is C19H14F4N6O2. The predicted octanol–water partition coefficient (Wildman–Crippen LogP) is 1.93. The van der Waals surface area contributed by atoms with Crippen LogP contribution in [0.15, 0.2) is 29.1 Å². The molecule has 1 aliphatic rings. The highest BCUT2D eigenvalue weighted by Gasteiger charge is 2.38. The van der Waals surface area contributed by atoms with Crippen molar-refractivity contribution in [3.8, 4) is 17.5 Å². The topological polar surface area (TPSA) is 107 Å². The summed E-state index contributed by atoms with van der Waals surface area (Å²) in [6.45, 7) is 1.82. The molecule has 1 aromatic carbocycles. The van der Waals surface area contributed by atoms with E-state index in [9.17, 15) is 32.7 Å². The third-order valence-electron chi connectivity index (χ3n) is 4.85. The summed E-state index contributed by atoms with van der Waals surface area (Å²) in [7, 11) is 0. The van der Waals surface area contributed by atoms with E-state index in [0.717, 1.165) is 18.2 Å². The van der Waals surface area contributed by atoms with Gasteiger partial charge in [0, 0.05) is 26.2 Å². The Morgan fingerprint density at radius 1 is 1.19 bits per heavy atom. The molecule has 3 aromatic rings. The fourth-order valence-corrected chi connectivity index (χ4v) is 3.49. The number of fused-ring (bicyclic) bond motifs is 1. The zero-order chi connectivity index (χ0) is 22.3. The molecule has 1 fully saturated rings. The molecule has 3 heterocycles. The molecule has 0 bridgehead atoms. The summed E-state index contributed by atoms with van der Waals surface area (Å²) >= 11 is 0. The van der Waals surface area contributed by atoms with Crippen LogP contribution in [0.25, 0.3) is 16.6 Å². The van der Waals surface area contributed by atoms with Crippen LogP contribution in [0.5, 0.6) is 5.75 Å². The van der Waals surface area contributed by atoms with Gasteiger partial charge in [0.1, 0.15) is 34.5 Å². The summed E-state index contributed by atoms with van der Waals surface area (Å²) in [5.74, 6) is -2.49. The summed E-state index contributed by atoms with van der Waals surface area (Å²) in [4.78, 5) is 22.6. The Kier molecular flexibility index (Phi) is 4.98. The zero-order valence-corrected chi connectivity index (χ0v) is 15.7. The minimum Gasteiger partial charge on any atom is -0.506 e. The number of para-hydroxylation sites is 1. The Morgan fingerprint density at radius 2 is 1.90 bits per heavy atom. The van der Waals surface area contributed by atoms with Crippen LogP contribution >= 0.6 is 0 Å². The van der Waals surface area contributed by atoms with Gasteiger partial charge in [0.2, 0.25) is 5.82 Å². The number of alkyl halides is 3. The van der Waals surface area contributed by atoms with Gasteiger partial charge in [-0.2, -0.15) is 18.4 Å². The third kappa shape index (κ3) is 3.53. The lowest BCUT2D eigenvalue weighted by atomic mass is 10.1. The monoisotopic (exact) mass is 434 g/mol. The van der Waals surface area contributed by atoms with Crippen molar-refractivity contribution in [2.24, 2.45) is 0 Å². The number of nitriles is 1. The van der Waals surface area contributed by atoms with Gasteiger partial charge in [-0.05, 0) is 18.2 Å². The van der Waals surface area contributed by atoms with Crippen molar-refractivity contribution in [3.63, 3.8) is 0 Å². The Labute approximate surface area is 172 Å². The van der Waals surface area contributed by atoms with E-state index >= 15 is 0 Å². The molecule has 1 saturated heterocycles. The molecule has 31 heavy (non-hydrogen) atoms. The maximum atomic E-state index is 14.4. The number of hydrogen-bond donors (Lipinski definition) is 2. The zero-order valence-electron chi connectivity index (χ0n) is 15.7. The Morgan fingerprint density at radius 3 is 2.52 bits per heavy atom. The minimum absolute atomic E-state index is 0.00977. The van der Waals surface area contributed by atoms with Crippen LogP contribution in [0, 0.1) is 17.1 Å². The van der Waals surface area contributed by atoms with E-state index in [4.69, 9.17) is 0 Å². The first-order valence-electron chi connectivity index (χ1n) is 9.11. The Hall–Kier alpha value is -3.72. The molecule has 0 atom stereocenters. The highest BCUT2D eigenvalue weighted by Crippen LogP contribution is 2.36. The second-order valence-electron chi connectivity index (χ2n) is 6.76. The number of anilines is 1. The first kappa shape index (κ1) is 20.5. The first-order valence-corrected chi connectivity index (χ1v) is 9.11. The van der Waals surface area contributed by atoms with Gasteiger partial charge in [-0.25, -0.2) is 14.4 Å². The van der Waals surface area contributed by atoms with Crippen LogP contribution in [-0.4, -0.2) is 45.8 Å². The van der Waals surface area contributed by atoms with E-state index in [1.54, 1.807) is 11.0 Å². The number of aromatic hydroxyl groups is 1. The highest BCUT2D eigenvalue weighted by atomic mass is 19.4. The number of aromatic nitrogens is 3. The average Bonchev–Trinajstić information content (AvgIpc) is 2.74. The third-order valence-corrected chi connectivity index (χ3v) is 4.85. The number of rotatable bonds is 2. The highest BCUT2D eigenvalue weighted by molar-refractivity contribution is 5.90. The number of phenols is 1. The molecule has 0 spiro atoms. The van der Waals surface area contributed by atoms with E-state index in [2.05, 4.69) is 15.3 Å². The van der Waals surface area contributed by atoms with Gasteiger partial charge in [-0.1, -0.05) is 6.07 Å². The fourth-order valence-electron chi connectivity index (χ4n) is 3.49. The van der Waals surface area contributed by atoms with Crippen molar-refractivity contribution in [2.75, 3.05) is 31.1 Å². The molecule has 4 rings (SSSR count). The normalized spacial score (nSPS) is 14.6. The molecule has 160 valence electrons. The predicted molar refractivity (Wildman–Crippen MR) is 102 cm³/mol. The van der Waals surface area contributed by atoms with E-state index < -0.39 is 46.0 Å². The fraction of sp³-hybridized carbons (Fsp3) is 0.263. The number of nitrogens with zero attached hydrogens (tertiary/aromatic N) is 5. The number of piperazine rings is 1. The molecule has 2 aromatic heterocycles. The maximum absolute atomic E-state index is 14.4. The van der Waals surface area contributed by atoms with Crippen molar-refractivity contribution in [3.05, 3.63) is 52.0 Å². The molecular weight excluding hydrogens is 420 g/mol. The minimum atomic E-state index is -5.07. The van der Waals surface area contributed by atoms with E-state index in [0.29, 0.717) is 32.2 Å². The number of hydrogen-bond acceptors (Lipinski definition) is 7. The van der Waals surface area contributed by atoms with Crippen molar-refractivity contribution < 1.29 is 22.7 Å². The number of pyridine rings is 1. The lowest BCUT2D eigenvalue weighted by Crippen LogP contribution is -2.44. The second kappa shape index (κ2) is 7.51. The lowest BCUT2D eigenvalue weighted by molar-refractivity contribution is -0.142. The SMILES string of the molecule is N#Cc1nc(N2CCNCC2)c2cc(C(F)(F)F)n(-c3c(O)cccc3F)c(=O)c2n1. The van der Waals surface area contributed by atoms with E-state index in [1.165, 1.54) is 0 Å². The van der Waals surface area contributed by atoms with Gasteiger partial charge < -0.3 is 15.3 Å². The van der Waals surface area contributed by atoms with Crippen LogP contribution in [0.2, 0.25) is 0 Å². The molecule has 0 radical (unpaired) electrons. The molecule has 1 aliphatic heterocycles. The summed E-state index contributed by atoms with van der Waals surface area (Å²) in [5, 5.41) is 22.2. The lowest BCUT2D eigenvalue weighted by Gasteiger charge is -2.29. The second-order valence-corrected chi connectivity index (χ2v) is 6.76. The summed E-state index contributed by atoms with van der Waals surface area (Å²) in [6.07, 6.45) is -5.07. The molecule has 0 amide bonds. The van der Waals surface area contributed by atoms with Crippen LogP contribution in [0.1, 0.15) is 11.5 Å². The van der Waals surface area contributed by atoms with Gasteiger partial charge in [-0.15, -0.1) is 0 Å². The number of nitrogens with one attached hydrogen (secondary N) is 1. The Bertz CT molecular complexity index is 1260. The van der Waals surface area contributed by atoms with Gasteiger partial charge in [0.25, 0.3) is 5.56 Å². The van der Waals surface area contributed by atoms with Gasteiger partial charge >= 0.3 is 6.18 Å². The molecule has 0 aliphatic carbocycles.